The summed E-state index contributed by atoms with van der Waals surface area (Å²) in [5.41, 5.74) is -4.30. The molecular formula is C45H52F6O8. The molecule has 8 nitrogen and oxygen atoms in total. The van der Waals surface area contributed by atoms with Crippen molar-refractivity contribution in [1.29, 1.82) is 0 Å². The number of carbonyl (C=O) groups is 3. The van der Waals surface area contributed by atoms with Crippen LogP contribution in [0.15, 0.2) is 119 Å². The average Bonchev–Trinajstić information content (AvgIpc) is 3.61. The number of cyclic esters (lactones) is 1. The first-order valence-corrected chi connectivity index (χ1v) is 19.0. The Balaban J connectivity index is 1.96. The van der Waals surface area contributed by atoms with Gasteiger partial charge in [-0.25, -0.2) is 14.4 Å². The van der Waals surface area contributed by atoms with Gasteiger partial charge in [-0.1, -0.05) is 102 Å². The minimum atomic E-state index is -5.30. The van der Waals surface area contributed by atoms with E-state index in [1.54, 1.807) is 0 Å². The minimum Gasteiger partial charge on any atom is -0.459 e. The lowest BCUT2D eigenvalue weighted by Gasteiger charge is -2.34. The van der Waals surface area contributed by atoms with E-state index in [1.165, 1.54) is 53.6 Å². The van der Waals surface area contributed by atoms with E-state index in [4.69, 9.17) is 23.7 Å². The van der Waals surface area contributed by atoms with E-state index in [0.717, 1.165) is 68.7 Å². The molecular weight excluding hydrogens is 782 g/mol. The van der Waals surface area contributed by atoms with E-state index in [-0.39, 0.29) is 24.0 Å². The van der Waals surface area contributed by atoms with Crippen LogP contribution in [0.3, 0.4) is 0 Å². The van der Waals surface area contributed by atoms with Gasteiger partial charge in [0, 0.05) is 43.4 Å². The van der Waals surface area contributed by atoms with E-state index < -0.39 is 71.9 Å². The molecule has 0 saturated heterocycles. The molecule has 3 rings (SSSR count). The molecule has 1 aliphatic heterocycles. The zero-order valence-corrected chi connectivity index (χ0v) is 34.1. The minimum absolute atomic E-state index is 0.0238. The summed E-state index contributed by atoms with van der Waals surface area (Å²) in [4.78, 5) is 39.1. The number of ether oxygens (including phenoxy) is 5. The molecule has 0 aromatic heterocycles. The number of hydrogen-bond donors (Lipinski definition) is 0. The largest absolute Gasteiger partial charge is 0.459 e. The van der Waals surface area contributed by atoms with Gasteiger partial charge in [0.15, 0.2) is 0 Å². The van der Waals surface area contributed by atoms with Crippen LogP contribution in [0.1, 0.15) is 83.8 Å². The number of hydrogen-bond acceptors (Lipinski definition) is 8. The van der Waals surface area contributed by atoms with Crippen molar-refractivity contribution in [1.82, 2.24) is 0 Å². The fourth-order valence-corrected chi connectivity index (χ4v) is 6.45. The Morgan fingerprint density at radius 3 is 1.61 bits per heavy atom. The fraction of sp³-hybridized carbons (Fsp3) is 0.444. The lowest BCUT2D eigenvalue weighted by molar-refractivity contribution is -0.278. The third kappa shape index (κ3) is 12.8. The molecule has 0 aliphatic carbocycles. The van der Waals surface area contributed by atoms with Gasteiger partial charge in [-0.3, -0.25) is 0 Å². The number of methoxy groups -OCH3 is 2. The van der Waals surface area contributed by atoms with Crippen molar-refractivity contribution in [2.45, 2.75) is 102 Å². The maximum Gasteiger partial charge on any atom is 0.432 e. The summed E-state index contributed by atoms with van der Waals surface area (Å²) < 4.78 is 114. The van der Waals surface area contributed by atoms with Crippen LogP contribution in [0.5, 0.6) is 0 Å². The highest BCUT2D eigenvalue weighted by Crippen LogP contribution is 2.45. The standard InChI is InChI=1S/C45H52F6O8/c1-31(2)16-13-17-32(3)18-14-19-33(4)20-15-21-34(29-58-40(53)42(55-5,44(46,47)48)36-22-9-7-10-23-36)26-27-38(35-28-39(52)57-30-35)59-41(54)43(56-6,45(49,50)51)37-24-11-8-12-25-37/h7-12,16,18,20,22-26,28,38H,13-15,17,19,21,27,29-30H2,1-6H3/b32-18+,33-20+,34-26+/t38-,42+,43+/m1/s1. The molecule has 14 heteroatoms. The highest BCUT2D eigenvalue weighted by atomic mass is 19.4. The second kappa shape index (κ2) is 21.9. The summed E-state index contributed by atoms with van der Waals surface area (Å²) in [6.07, 6.45) is 0.0764. The molecule has 1 heterocycles. The molecule has 2 aromatic rings. The molecule has 59 heavy (non-hydrogen) atoms. The van der Waals surface area contributed by atoms with E-state index in [9.17, 15) is 40.7 Å². The van der Waals surface area contributed by atoms with Crippen LogP contribution in [-0.4, -0.2) is 63.8 Å². The van der Waals surface area contributed by atoms with E-state index in [2.05, 4.69) is 19.1 Å². The molecule has 0 saturated carbocycles. The van der Waals surface area contributed by atoms with Crippen LogP contribution in [-0.2, 0) is 49.3 Å². The van der Waals surface area contributed by atoms with Crippen molar-refractivity contribution in [3.8, 4) is 0 Å². The Morgan fingerprint density at radius 2 is 1.17 bits per heavy atom. The second-order valence-electron chi connectivity index (χ2n) is 14.4. The van der Waals surface area contributed by atoms with Crippen molar-refractivity contribution < 1.29 is 64.4 Å². The first-order chi connectivity index (χ1) is 27.8. The van der Waals surface area contributed by atoms with Crippen LogP contribution in [0.2, 0.25) is 0 Å². The van der Waals surface area contributed by atoms with Gasteiger partial charge in [-0.2, -0.15) is 26.3 Å². The molecule has 0 radical (unpaired) electrons. The van der Waals surface area contributed by atoms with Gasteiger partial charge < -0.3 is 23.7 Å². The average molecular weight is 835 g/mol. The lowest BCUT2D eigenvalue weighted by Crippen LogP contribution is -2.52. The molecule has 2 aromatic carbocycles. The third-order valence-corrected chi connectivity index (χ3v) is 9.78. The lowest BCUT2D eigenvalue weighted by atomic mass is 9.92. The summed E-state index contributed by atoms with van der Waals surface area (Å²) in [6.45, 7) is 7.00. The topological polar surface area (TPSA) is 97.4 Å². The Bertz CT molecular complexity index is 1870. The van der Waals surface area contributed by atoms with Crippen LogP contribution in [0.25, 0.3) is 0 Å². The monoisotopic (exact) mass is 834 g/mol. The zero-order chi connectivity index (χ0) is 43.9. The highest BCUT2D eigenvalue weighted by Gasteiger charge is 2.65. The normalized spacial score (nSPS) is 16.6. The number of halogens is 6. The van der Waals surface area contributed by atoms with Crippen LogP contribution in [0, 0.1) is 0 Å². The van der Waals surface area contributed by atoms with E-state index in [0.29, 0.717) is 13.5 Å². The Kier molecular flexibility index (Phi) is 18.0. The SMILES string of the molecule is CO[C@](C(=O)OC/C(=C/C[C@@H](OC(=O)[C@@](OC)(c1ccccc1)C(F)(F)F)C1=CC(=O)OC1)CC/C=C(\C)CC/C=C(\C)CCC=C(C)C)(c1ccccc1)C(F)(F)F. The van der Waals surface area contributed by atoms with Gasteiger partial charge in [-0.15, -0.1) is 0 Å². The van der Waals surface area contributed by atoms with Gasteiger partial charge in [0.2, 0.25) is 0 Å². The van der Waals surface area contributed by atoms with E-state index in [1.807, 2.05) is 26.8 Å². The van der Waals surface area contributed by atoms with Gasteiger partial charge >= 0.3 is 30.3 Å². The fourth-order valence-electron chi connectivity index (χ4n) is 6.45. The van der Waals surface area contributed by atoms with Gasteiger partial charge in [0.05, 0.1) is 0 Å². The quantitative estimate of drug-likeness (QED) is 0.0531. The number of alkyl halides is 6. The molecule has 0 fully saturated rings. The Hall–Kier alpha value is -4.95. The van der Waals surface area contributed by atoms with Crippen molar-refractivity contribution in [3.05, 3.63) is 130 Å². The molecule has 322 valence electrons. The number of esters is 3. The van der Waals surface area contributed by atoms with Crippen molar-refractivity contribution >= 4 is 17.9 Å². The maximum absolute atomic E-state index is 14.7. The first kappa shape index (κ1) is 48.4. The summed E-state index contributed by atoms with van der Waals surface area (Å²) >= 11 is 0. The van der Waals surface area contributed by atoms with Crippen molar-refractivity contribution in [2.75, 3.05) is 27.4 Å². The summed E-state index contributed by atoms with van der Waals surface area (Å²) in [5, 5.41) is 0. The number of allylic oxidation sites excluding steroid dienone is 6. The van der Waals surface area contributed by atoms with Crippen molar-refractivity contribution in [2.24, 2.45) is 0 Å². The van der Waals surface area contributed by atoms with Crippen LogP contribution in [0.4, 0.5) is 26.3 Å². The molecule has 0 amide bonds. The molecule has 1 aliphatic rings. The Morgan fingerprint density at radius 1 is 0.695 bits per heavy atom. The summed E-state index contributed by atoms with van der Waals surface area (Å²) in [7, 11) is 1.44. The predicted molar refractivity (Wildman–Crippen MR) is 210 cm³/mol. The Labute approximate surface area is 341 Å². The predicted octanol–water partition coefficient (Wildman–Crippen LogP) is 10.6. The first-order valence-electron chi connectivity index (χ1n) is 19.0. The van der Waals surface area contributed by atoms with Crippen LogP contribution < -0.4 is 0 Å². The summed E-state index contributed by atoms with van der Waals surface area (Å²) in [6, 6.07) is 12.4. The van der Waals surface area contributed by atoms with Gasteiger partial charge in [0.1, 0.15) is 19.3 Å². The molecule has 0 unspecified atom stereocenters. The van der Waals surface area contributed by atoms with Crippen LogP contribution >= 0.6 is 0 Å². The smallest absolute Gasteiger partial charge is 0.432 e. The molecule has 0 bridgehead atoms. The van der Waals surface area contributed by atoms with E-state index >= 15 is 0 Å². The molecule has 0 N–H and O–H groups in total. The molecule has 3 atom stereocenters. The third-order valence-electron chi connectivity index (χ3n) is 9.78. The molecule has 0 spiro atoms. The number of rotatable bonds is 21. The number of benzene rings is 2. The van der Waals surface area contributed by atoms with Gasteiger partial charge in [0.25, 0.3) is 11.2 Å². The van der Waals surface area contributed by atoms with Crippen molar-refractivity contribution in [3.63, 3.8) is 0 Å². The van der Waals surface area contributed by atoms with Gasteiger partial charge in [-0.05, 0) is 71.8 Å². The number of carbonyl (C=O) groups excluding carboxylic acids is 3. The zero-order valence-electron chi connectivity index (χ0n) is 34.1. The highest BCUT2D eigenvalue weighted by molar-refractivity contribution is 5.86. The maximum atomic E-state index is 14.7. The second-order valence-corrected chi connectivity index (χ2v) is 14.4. The summed E-state index contributed by atoms with van der Waals surface area (Å²) in [5.74, 6) is -4.40.